The van der Waals surface area contributed by atoms with Gasteiger partial charge in [-0.25, -0.2) is 0 Å². The van der Waals surface area contributed by atoms with Crippen LogP contribution in [0.2, 0.25) is 0 Å². The monoisotopic (exact) mass is 238 g/mol. The average Bonchev–Trinajstić information content (AvgIpc) is 2.59. The summed E-state index contributed by atoms with van der Waals surface area (Å²) in [5, 5.41) is 4.27. The number of nitrogens with zero attached hydrogens (tertiary/aromatic N) is 2. The molecule has 0 atom stereocenters. The van der Waals surface area contributed by atoms with Crippen molar-refractivity contribution in [1.82, 2.24) is 9.78 Å². The van der Waals surface area contributed by atoms with Crippen molar-refractivity contribution in [2.75, 3.05) is 0 Å². The zero-order valence-corrected chi connectivity index (χ0v) is 9.52. The van der Waals surface area contributed by atoms with E-state index in [0.29, 0.717) is 0 Å². The van der Waals surface area contributed by atoms with Crippen LogP contribution in [0.5, 0.6) is 5.75 Å². The van der Waals surface area contributed by atoms with Gasteiger partial charge in [0.1, 0.15) is 5.75 Å². The molecule has 0 saturated heterocycles. The molecule has 0 aliphatic rings. The van der Waals surface area contributed by atoms with Gasteiger partial charge in [-0.05, 0) is 25.1 Å². The number of halogens is 2. The largest absolute Gasteiger partial charge is 0.435 e. The van der Waals surface area contributed by atoms with Gasteiger partial charge in [-0.15, -0.1) is 0 Å². The van der Waals surface area contributed by atoms with Crippen LogP contribution in [0.15, 0.2) is 30.3 Å². The molecule has 2 aromatic rings. The molecule has 3 nitrogen and oxygen atoms in total. The zero-order chi connectivity index (χ0) is 12.4. The summed E-state index contributed by atoms with van der Waals surface area (Å²) < 4.78 is 30.2. The second-order valence-corrected chi connectivity index (χ2v) is 3.70. The lowest BCUT2D eigenvalue weighted by atomic mass is 10.1. The molecule has 0 bridgehead atoms. The van der Waals surface area contributed by atoms with E-state index in [9.17, 15) is 8.78 Å². The molecule has 0 N–H and O–H groups in total. The fourth-order valence-electron chi connectivity index (χ4n) is 1.53. The van der Waals surface area contributed by atoms with Crippen LogP contribution in [0.3, 0.4) is 0 Å². The number of hydrogen-bond acceptors (Lipinski definition) is 2. The maximum atomic E-state index is 12.1. The first-order valence-corrected chi connectivity index (χ1v) is 5.12. The summed E-state index contributed by atoms with van der Waals surface area (Å²) in [5.41, 5.74) is 2.50. The van der Waals surface area contributed by atoms with Crippen LogP contribution in [0, 0.1) is 6.92 Å². The summed E-state index contributed by atoms with van der Waals surface area (Å²) >= 11 is 0. The molecule has 90 valence electrons. The molecular formula is C12H12F2N2O. The van der Waals surface area contributed by atoms with E-state index >= 15 is 0 Å². The highest BCUT2D eigenvalue weighted by atomic mass is 19.3. The predicted molar refractivity (Wildman–Crippen MR) is 60.0 cm³/mol. The first-order chi connectivity index (χ1) is 8.06. The van der Waals surface area contributed by atoms with Crippen LogP contribution >= 0.6 is 0 Å². The number of aryl methyl sites for hydroxylation is 2. The topological polar surface area (TPSA) is 27.1 Å². The number of rotatable bonds is 3. The minimum atomic E-state index is -2.81. The van der Waals surface area contributed by atoms with Crippen molar-refractivity contribution in [3.63, 3.8) is 0 Å². The molecular weight excluding hydrogens is 226 g/mol. The van der Waals surface area contributed by atoms with Crippen LogP contribution in [-0.4, -0.2) is 16.4 Å². The van der Waals surface area contributed by atoms with Gasteiger partial charge in [0.25, 0.3) is 0 Å². The van der Waals surface area contributed by atoms with Crippen LogP contribution in [0.4, 0.5) is 8.78 Å². The zero-order valence-electron chi connectivity index (χ0n) is 9.52. The Bertz CT molecular complexity index is 503. The van der Waals surface area contributed by atoms with Crippen LogP contribution in [-0.2, 0) is 7.05 Å². The van der Waals surface area contributed by atoms with Crippen LogP contribution in [0.25, 0.3) is 11.3 Å². The first-order valence-electron chi connectivity index (χ1n) is 5.12. The Balaban J connectivity index is 2.32. The van der Waals surface area contributed by atoms with E-state index in [4.69, 9.17) is 0 Å². The van der Waals surface area contributed by atoms with E-state index in [2.05, 4.69) is 9.84 Å². The molecule has 0 saturated carbocycles. The van der Waals surface area contributed by atoms with E-state index in [1.54, 1.807) is 22.9 Å². The van der Waals surface area contributed by atoms with Crippen molar-refractivity contribution >= 4 is 0 Å². The summed E-state index contributed by atoms with van der Waals surface area (Å²) in [6, 6.07) is 8.40. The van der Waals surface area contributed by atoms with Crippen LogP contribution in [0.1, 0.15) is 5.69 Å². The number of alkyl halides is 2. The van der Waals surface area contributed by atoms with Gasteiger partial charge in [0.2, 0.25) is 0 Å². The molecule has 0 aliphatic heterocycles. The van der Waals surface area contributed by atoms with Gasteiger partial charge >= 0.3 is 6.61 Å². The molecule has 0 radical (unpaired) electrons. The fraction of sp³-hybridized carbons (Fsp3) is 0.250. The van der Waals surface area contributed by atoms with Gasteiger partial charge in [0.05, 0.1) is 5.69 Å². The Morgan fingerprint density at radius 2 is 2.06 bits per heavy atom. The van der Waals surface area contributed by atoms with Crippen LogP contribution < -0.4 is 4.74 Å². The minimum absolute atomic E-state index is 0.140. The lowest BCUT2D eigenvalue weighted by molar-refractivity contribution is -0.0498. The maximum Gasteiger partial charge on any atom is 0.387 e. The Hall–Kier alpha value is -1.91. The van der Waals surface area contributed by atoms with Crippen molar-refractivity contribution < 1.29 is 13.5 Å². The third kappa shape index (κ3) is 2.61. The van der Waals surface area contributed by atoms with E-state index in [-0.39, 0.29) is 5.75 Å². The molecule has 0 amide bonds. The predicted octanol–water partition coefficient (Wildman–Crippen LogP) is 3.00. The third-order valence-corrected chi connectivity index (χ3v) is 2.47. The highest BCUT2D eigenvalue weighted by molar-refractivity contribution is 5.61. The lowest BCUT2D eigenvalue weighted by Crippen LogP contribution is -2.01. The summed E-state index contributed by atoms with van der Waals surface area (Å²) in [6.45, 7) is -0.883. The smallest absolute Gasteiger partial charge is 0.387 e. The highest BCUT2D eigenvalue weighted by Gasteiger charge is 2.08. The molecule has 2 rings (SSSR count). The Kier molecular flexibility index (Phi) is 3.08. The van der Waals surface area contributed by atoms with Gasteiger partial charge < -0.3 is 4.74 Å². The summed E-state index contributed by atoms with van der Waals surface area (Å²) in [5.74, 6) is 0.140. The first kappa shape index (κ1) is 11.6. The lowest BCUT2D eigenvalue weighted by Gasteiger charge is -2.05. The SMILES string of the molecule is Cc1cc(-c2cccc(OC(F)F)c2)nn1C. The number of ether oxygens (including phenoxy) is 1. The third-order valence-electron chi connectivity index (χ3n) is 2.47. The van der Waals surface area contributed by atoms with Crippen molar-refractivity contribution in [2.45, 2.75) is 13.5 Å². The number of aromatic nitrogens is 2. The average molecular weight is 238 g/mol. The number of hydrogen-bond donors (Lipinski definition) is 0. The van der Waals surface area contributed by atoms with Gasteiger partial charge in [-0.3, -0.25) is 4.68 Å². The summed E-state index contributed by atoms with van der Waals surface area (Å²) in [4.78, 5) is 0. The molecule has 1 aromatic carbocycles. The van der Waals surface area contributed by atoms with E-state index < -0.39 is 6.61 Å². The fourth-order valence-corrected chi connectivity index (χ4v) is 1.53. The molecule has 0 aliphatic carbocycles. The Morgan fingerprint density at radius 1 is 1.29 bits per heavy atom. The van der Waals surface area contributed by atoms with Crippen molar-refractivity contribution in [3.05, 3.63) is 36.0 Å². The summed E-state index contributed by atoms with van der Waals surface area (Å²) in [7, 11) is 1.83. The van der Waals surface area contributed by atoms with Crippen molar-refractivity contribution in [2.24, 2.45) is 7.05 Å². The van der Waals surface area contributed by atoms with Gasteiger partial charge in [0, 0.05) is 18.3 Å². The second kappa shape index (κ2) is 4.53. The van der Waals surface area contributed by atoms with E-state index in [0.717, 1.165) is 17.0 Å². The molecule has 5 heteroatoms. The Morgan fingerprint density at radius 3 is 2.65 bits per heavy atom. The molecule has 0 fully saturated rings. The van der Waals surface area contributed by atoms with E-state index in [1.165, 1.54) is 6.07 Å². The van der Waals surface area contributed by atoms with Gasteiger partial charge in [0.15, 0.2) is 0 Å². The Labute approximate surface area is 97.6 Å². The van der Waals surface area contributed by atoms with Gasteiger partial charge in [-0.2, -0.15) is 13.9 Å². The molecule has 0 unspecified atom stereocenters. The normalized spacial score (nSPS) is 10.9. The minimum Gasteiger partial charge on any atom is -0.435 e. The number of benzene rings is 1. The highest BCUT2D eigenvalue weighted by Crippen LogP contribution is 2.24. The summed E-state index contributed by atoms with van der Waals surface area (Å²) in [6.07, 6.45) is 0. The van der Waals surface area contributed by atoms with Gasteiger partial charge in [-0.1, -0.05) is 12.1 Å². The quantitative estimate of drug-likeness (QED) is 0.821. The second-order valence-electron chi connectivity index (χ2n) is 3.70. The molecule has 1 aromatic heterocycles. The molecule has 17 heavy (non-hydrogen) atoms. The standard InChI is InChI=1S/C12H12F2N2O/c1-8-6-11(15-16(8)2)9-4-3-5-10(7-9)17-12(13)14/h3-7,12H,1-2H3. The van der Waals surface area contributed by atoms with Crippen molar-refractivity contribution in [3.8, 4) is 17.0 Å². The van der Waals surface area contributed by atoms with E-state index in [1.807, 2.05) is 20.0 Å². The maximum absolute atomic E-state index is 12.1. The molecule has 1 heterocycles. The molecule has 0 spiro atoms. The van der Waals surface area contributed by atoms with Crippen molar-refractivity contribution in [1.29, 1.82) is 0 Å².